The maximum absolute atomic E-state index is 12.1. The largest absolute Gasteiger partial charge is 0.478 e. The Labute approximate surface area is 137 Å². The Morgan fingerprint density at radius 3 is 2.24 bits per heavy atom. The van der Waals surface area contributed by atoms with Gasteiger partial charge < -0.3 is 10.1 Å². The van der Waals surface area contributed by atoms with Crippen molar-refractivity contribution in [3.63, 3.8) is 0 Å². The molecule has 6 heteroatoms. The molecule has 2 rings (SSSR count). The van der Waals surface area contributed by atoms with Gasteiger partial charge in [-0.05, 0) is 31.2 Å². The molecule has 0 saturated heterocycles. The van der Waals surface area contributed by atoms with Crippen LogP contribution in [0.1, 0.15) is 6.92 Å². The van der Waals surface area contributed by atoms with E-state index in [2.05, 4.69) is 5.32 Å². The Balaban J connectivity index is 2.08. The molecular weight excluding hydrogens is 333 g/mol. The molecule has 0 unspecified atom stereocenters. The van der Waals surface area contributed by atoms with Crippen molar-refractivity contribution in [2.75, 3.05) is 5.32 Å². The zero-order valence-electron chi connectivity index (χ0n) is 11.1. The van der Waals surface area contributed by atoms with Crippen molar-refractivity contribution >= 4 is 46.4 Å². The van der Waals surface area contributed by atoms with Crippen molar-refractivity contribution in [1.29, 1.82) is 0 Å². The molecule has 3 nitrogen and oxygen atoms in total. The van der Waals surface area contributed by atoms with Crippen LogP contribution in [0.25, 0.3) is 0 Å². The van der Waals surface area contributed by atoms with E-state index in [4.69, 9.17) is 39.5 Å². The Kier molecular flexibility index (Phi) is 5.34. The molecule has 21 heavy (non-hydrogen) atoms. The van der Waals surface area contributed by atoms with Crippen LogP contribution < -0.4 is 10.1 Å². The number of hydrogen-bond acceptors (Lipinski definition) is 2. The Morgan fingerprint density at radius 1 is 1.10 bits per heavy atom. The predicted octanol–water partition coefficient (Wildman–Crippen LogP) is 5.05. The molecule has 0 heterocycles. The molecule has 2 aromatic carbocycles. The number of carbonyl (C=O) groups is 1. The fourth-order valence-electron chi connectivity index (χ4n) is 1.64. The summed E-state index contributed by atoms with van der Waals surface area (Å²) in [6.07, 6.45) is -0.763. The highest BCUT2D eigenvalue weighted by atomic mass is 35.5. The lowest BCUT2D eigenvalue weighted by atomic mass is 10.3. The Bertz CT molecular complexity index is 624. The van der Waals surface area contributed by atoms with Gasteiger partial charge in [0.15, 0.2) is 11.9 Å². The second-order valence-corrected chi connectivity index (χ2v) is 5.56. The van der Waals surface area contributed by atoms with Gasteiger partial charge in [-0.2, -0.15) is 0 Å². The fraction of sp³-hybridized carbons (Fsp3) is 0.133. The second kappa shape index (κ2) is 7.03. The molecule has 0 fully saturated rings. The Morgan fingerprint density at radius 2 is 1.67 bits per heavy atom. The van der Waals surface area contributed by atoms with Gasteiger partial charge in [-0.25, -0.2) is 0 Å². The summed E-state index contributed by atoms with van der Waals surface area (Å²) in [4.78, 5) is 12.1. The van der Waals surface area contributed by atoms with Crippen molar-refractivity contribution in [2.24, 2.45) is 0 Å². The van der Waals surface area contributed by atoms with Gasteiger partial charge in [-0.1, -0.05) is 53.0 Å². The van der Waals surface area contributed by atoms with Crippen LogP contribution >= 0.6 is 34.8 Å². The molecule has 1 N–H and O–H groups in total. The normalized spacial score (nSPS) is 11.8. The molecule has 0 spiro atoms. The van der Waals surface area contributed by atoms with Crippen LogP contribution in [-0.4, -0.2) is 12.0 Å². The standard InChI is InChI=1S/C15H12Cl3NO2/c1-9(15(20)19-11-5-3-2-4-6-11)21-14-12(17)7-10(16)8-13(14)18/h2-9H,1H3,(H,19,20)/t9-/m0/s1. The Hall–Kier alpha value is -1.42. The molecule has 0 aliphatic rings. The third-order valence-electron chi connectivity index (χ3n) is 2.67. The molecule has 2 aromatic rings. The van der Waals surface area contributed by atoms with E-state index in [1.807, 2.05) is 18.2 Å². The van der Waals surface area contributed by atoms with Gasteiger partial charge in [0.05, 0.1) is 10.0 Å². The molecule has 0 aliphatic carbocycles. The van der Waals surface area contributed by atoms with Gasteiger partial charge in [-0.3, -0.25) is 4.79 Å². The van der Waals surface area contributed by atoms with Crippen molar-refractivity contribution in [3.8, 4) is 5.75 Å². The maximum Gasteiger partial charge on any atom is 0.265 e. The van der Waals surface area contributed by atoms with E-state index in [0.717, 1.165) is 0 Å². The lowest BCUT2D eigenvalue weighted by molar-refractivity contribution is -0.122. The van der Waals surface area contributed by atoms with Crippen molar-refractivity contribution in [2.45, 2.75) is 13.0 Å². The average molecular weight is 345 g/mol. The number of hydrogen-bond donors (Lipinski definition) is 1. The number of amides is 1. The molecule has 110 valence electrons. The number of anilines is 1. The van der Waals surface area contributed by atoms with E-state index in [9.17, 15) is 4.79 Å². The monoisotopic (exact) mass is 343 g/mol. The predicted molar refractivity (Wildman–Crippen MR) is 86.6 cm³/mol. The fourth-order valence-corrected chi connectivity index (χ4v) is 2.54. The third kappa shape index (κ3) is 4.27. The minimum Gasteiger partial charge on any atom is -0.478 e. The van der Waals surface area contributed by atoms with E-state index < -0.39 is 6.10 Å². The smallest absolute Gasteiger partial charge is 0.265 e. The summed E-state index contributed by atoms with van der Waals surface area (Å²) in [5, 5.41) is 3.65. The summed E-state index contributed by atoms with van der Waals surface area (Å²) in [5.74, 6) is -0.0678. The van der Waals surface area contributed by atoms with Crippen LogP contribution in [-0.2, 0) is 4.79 Å². The van der Waals surface area contributed by atoms with Gasteiger partial charge >= 0.3 is 0 Å². The van der Waals surface area contributed by atoms with Gasteiger partial charge in [0.1, 0.15) is 0 Å². The molecular formula is C15H12Cl3NO2. The second-order valence-electron chi connectivity index (χ2n) is 4.31. The quantitative estimate of drug-likeness (QED) is 0.842. The first-order valence-electron chi connectivity index (χ1n) is 6.14. The summed E-state index contributed by atoms with van der Waals surface area (Å²) in [6.45, 7) is 1.61. The van der Waals surface area contributed by atoms with Crippen LogP contribution in [0.3, 0.4) is 0 Å². The van der Waals surface area contributed by atoms with Crippen LogP contribution in [0.5, 0.6) is 5.75 Å². The lowest BCUT2D eigenvalue weighted by Crippen LogP contribution is -2.30. The number of nitrogens with one attached hydrogen (secondary N) is 1. The minimum absolute atomic E-state index is 0.235. The molecule has 0 bridgehead atoms. The molecule has 0 aliphatic heterocycles. The summed E-state index contributed by atoms with van der Waals surface area (Å²) >= 11 is 17.9. The summed E-state index contributed by atoms with van der Waals surface area (Å²) in [7, 11) is 0. The number of rotatable bonds is 4. The van der Waals surface area contributed by atoms with E-state index in [0.29, 0.717) is 10.7 Å². The van der Waals surface area contributed by atoms with Crippen molar-refractivity contribution < 1.29 is 9.53 Å². The highest BCUT2D eigenvalue weighted by Gasteiger charge is 2.18. The zero-order valence-corrected chi connectivity index (χ0v) is 13.3. The zero-order chi connectivity index (χ0) is 15.4. The van der Waals surface area contributed by atoms with Gasteiger partial charge in [0, 0.05) is 10.7 Å². The molecule has 1 atom stereocenters. The number of benzene rings is 2. The van der Waals surface area contributed by atoms with Crippen LogP contribution in [0.15, 0.2) is 42.5 Å². The average Bonchev–Trinajstić information content (AvgIpc) is 2.43. The van der Waals surface area contributed by atoms with Gasteiger partial charge in [-0.15, -0.1) is 0 Å². The summed E-state index contributed by atoms with van der Waals surface area (Å²) in [5.41, 5.74) is 0.686. The molecule has 0 radical (unpaired) electrons. The highest BCUT2D eigenvalue weighted by Crippen LogP contribution is 2.36. The van der Waals surface area contributed by atoms with Crippen LogP contribution in [0.2, 0.25) is 15.1 Å². The first-order chi connectivity index (χ1) is 9.97. The van der Waals surface area contributed by atoms with E-state index >= 15 is 0 Å². The van der Waals surface area contributed by atoms with Crippen molar-refractivity contribution in [1.82, 2.24) is 0 Å². The molecule has 0 saturated carbocycles. The van der Waals surface area contributed by atoms with Crippen molar-refractivity contribution in [3.05, 3.63) is 57.5 Å². The molecule has 0 aromatic heterocycles. The SMILES string of the molecule is C[C@H](Oc1c(Cl)cc(Cl)cc1Cl)C(=O)Nc1ccccc1. The number of ether oxygens (including phenoxy) is 1. The number of halogens is 3. The van der Waals surface area contributed by atoms with E-state index in [1.54, 1.807) is 19.1 Å². The minimum atomic E-state index is -0.763. The number of para-hydroxylation sites is 1. The van der Waals surface area contributed by atoms with E-state index in [-0.39, 0.29) is 21.7 Å². The lowest BCUT2D eigenvalue weighted by Gasteiger charge is -2.16. The third-order valence-corrected chi connectivity index (χ3v) is 3.45. The highest BCUT2D eigenvalue weighted by molar-refractivity contribution is 6.40. The van der Waals surface area contributed by atoms with Gasteiger partial charge in [0.25, 0.3) is 5.91 Å². The molecule has 1 amide bonds. The topological polar surface area (TPSA) is 38.3 Å². The van der Waals surface area contributed by atoms with E-state index in [1.165, 1.54) is 12.1 Å². The summed E-state index contributed by atoms with van der Waals surface area (Å²) < 4.78 is 5.53. The first-order valence-corrected chi connectivity index (χ1v) is 7.28. The maximum atomic E-state index is 12.1. The van der Waals surface area contributed by atoms with Gasteiger partial charge in [0.2, 0.25) is 0 Å². The summed E-state index contributed by atoms with van der Waals surface area (Å²) in [6, 6.07) is 12.1. The number of carbonyl (C=O) groups excluding carboxylic acids is 1. The van der Waals surface area contributed by atoms with Crippen LogP contribution in [0, 0.1) is 0 Å². The first kappa shape index (κ1) is 16.0. The van der Waals surface area contributed by atoms with Crippen LogP contribution in [0.4, 0.5) is 5.69 Å².